The summed E-state index contributed by atoms with van der Waals surface area (Å²) in [5.74, 6) is -1.57. The highest BCUT2D eigenvalue weighted by Gasteiger charge is 2.41. The Bertz CT molecular complexity index is 702. The number of amides is 1. The summed E-state index contributed by atoms with van der Waals surface area (Å²) in [6.45, 7) is 3.87. The Kier molecular flexibility index (Phi) is 6.31. The molecule has 0 aliphatic heterocycles. The summed E-state index contributed by atoms with van der Waals surface area (Å²) < 4.78 is 5.59. The Hall–Kier alpha value is -2.66. The smallest absolute Gasteiger partial charge is 0.334 e. The quantitative estimate of drug-likeness (QED) is 0.773. The van der Waals surface area contributed by atoms with Crippen LogP contribution in [0.3, 0.4) is 0 Å². The van der Waals surface area contributed by atoms with E-state index < -0.39 is 23.5 Å². The van der Waals surface area contributed by atoms with Crippen LogP contribution in [0.4, 0.5) is 0 Å². The van der Waals surface area contributed by atoms with E-state index in [2.05, 4.69) is 5.32 Å². The fourth-order valence-electron chi connectivity index (χ4n) is 2.81. The maximum atomic E-state index is 12.9. The van der Waals surface area contributed by atoms with Gasteiger partial charge in [0.1, 0.15) is 0 Å². The van der Waals surface area contributed by atoms with Crippen molar-refractivity contribution in [1.29, 1.82) is 0 Å². The normalized spacial score (nSPS) is 14.3. The van der Waals surface area contributed by atoms with E-state index in [9.17, 15) is 14.7 Å². The molecule has 0 fully saturated rings. The number of carbonyl (C=O) groups excluding carboxylic acids is 1. The second kappa shape index (κ2) is 8.44. The van der Waals surface area contributed by atoms with Crippen LogP contribution in [0.1, 0.15) is 37.5 Å². The molecule has 0 saturated carbocycles. The van der Waals surface area contributed by atoms with Gasteiger partial charge in [-0.05, 0) is 24.5 Å². The van der Waals surface area contributed by atoms with Gasteiger partial charge < -0.3 is 15.2 Å². The third-order valence-corrected chi connectivity index (χ3v) is 4.17. The minimum Gasteiger partial charge on any atom is -0.479 e. The van der Waals surface area contributed by atoms with E-state index in [1.165, 1.54) is 0 Å². The number of hydrogen-bond donors (Lipinski definition) is 2. The summed E-state index contributed by atoms with van der Waals surface area (Å²) >= 11 is 0. The molecule has 2 aromatic rings. The molecule has 0 radical (unpaired) electrons. The third-order valence-electron chi connectivity index (χ3n) is 4.17. The Labute approximate surface area is 147 Å². The molecule has 5 nitrogen and oxygen atoms in total. The van der Waals surface area contributed by atoms with E-state index in [1.807, 2.05) is 18.2 Å². The summed E-state index contributed by atoms with van der Waals surface area (Å²) in [6.07, 6.45) is -0.647. The van der Waals surface area contributed by atoms with Gasteiger partial charge in [-0.3, -0.25) is 4.79 Å². The Balaban J connectivity index is 2.37. The Morgan fingerprint density at radius 1 is 1.04 bits per heavy atom. The van der Waals surface area contributed by atoms with Crippen LogP contribution in [0.2, 0.25) is 0 Å². The van der Waals surface area contributed by atoms with Crippen molar-refractivity contribution in [2.45, 2.75) is 31.9 Å². The van der Waals surface area contributed by atoms with E-state index in [4.69, 9.17) is 4.74 Å². The molecule has 2 rings (SSSR count). The lowest BCUT2D eigenvalue weighted by Crippen LogP contribution is -2.53. The topological polar surface area (TPSA) is 75.6 Å². The van der Waals surface area contributed by atoms with Crippen LogP contribution in [-0.2, 0) is 19.9 Å². The Morgan fingerprint density at radius 3 is 2.08 bits per heavy atom. The van der Waals surface area contributed by atoms with Gasteiger partial charge in [-0.1, -0.05) is 67.6 Å². The van der Waals surface area contributed by atoms with Gasteiger partial charge in [-0.25, -0.2) is 4.79 Å². The van der Waals surface area contributed by atoms with Crippen LogP contribution in [0.25, 0.3) is 0 Å². The van der Waals surface area contributed by atoms with Crippen LogP contribution < -0.4 is 5.32 Å². The molecule has 0 aliphatic carbocycles. The van der Waals surface area contributed by atoms with Crippen molar-refractivity contribution in [3.05, 3.63) is 71.8 Å². The molecule has 2 atom stereocenters. The summed E-state index contributed by atoms with van der Waals surface area (Å²) in [7, 11) is 0. The van der Waals surface area contributed by atoms with Crippen LogP contribution in [0, 0.1) is 0 Å². The zero-order valence-corrected chi connectivity index (χ0v) is 14.4. The third kappa shape index (κ3) is 4.06. The standard InChI is InChI=1S/C20H23NO4/c1-3-20(19(23)24,16-13-9-6-10-14-16)21-18(22)17(25-4-2)15-11-7-5-8-12-15/h5-14,17H,3-4H2,1-2H3,(H,21,22)(H,23,24). The Morgan fingerprint density at radius 2 is 1.60 bits per heavy atom. The van der Waals surface area contributed by atoms with Gasteiger partial charge in [-0.2, -0.15) is 0 Å². The lowest BCUT2D eigenvalue weighted by molar-refractivity contribution is -0.151. The lowest BCUT2D eigenvalue weighted by Gasteiger charge is -2.31. The van der Waals surface area contributed by atoms with Gasteiger partial charge in [0.2, 0.25) is 0 Å². The molecule has 0 heterocycles. The SMILES string of the molecule is CCOC(C(=O)NC(CC)(C(=O)O)c1ccccc1)c1ccccc1. The average molecular weight is 341 g/mol. The lowest BCUT2D eigenvalue weighted by atomic mass is 9.86. The van der Waals surface area contributed by atoms with Crippen molar-refractivity contribution in [3.8, 4) is 0 Å². The zero-order valence-electron chi connectivity index (χ0n) is 14.4. The molecule has 0 aliphatic rings. The van der Waals surface area contributed by atoms with Crippen LogP contribution in [0.15, 0.2) is 60.7 Å². The molecule has 2 unspecified atom stereocenters. The molecular formula is C20H23NO4. The van der Waals surface area contributed by atoms with Gasteiger partial charge in [0.15, 0.2) is 11.6 Å². The van der Waals surface area contributed by atoms with Crippen molar-refractivity contribution in [1.82, 2.24) is 5.32 Å². The fraction of sp³-hybridized carbons (Fsp3) is 0.300. The summed E-state index contributed by atoms with van der Waals surface area (Å²) in [4.78, 5) is 24.9. The molecule has 0 aromatic heterocycles. The van der Waals surface area contributed by atoms with Gasteiger partial charge >= 0.3 is 5.97 Å². The van der Waals surface area contributed by atoms with E-state index in [1.54, 1.807) is 56.3 Å². The van der Waals surface area contributed by atoms with Crippen molar-refractivity contribution in [2.24, 2.45) is 0 Å². The minimum atomic E-state index is -1.50. The first kappa shape index (κ1) is 18.7. The van der Waals surface area contributed by atoms with Gasteiger partial charge in [0.25, 0.3) is 5.91 Å². The van der Waals surface area contributed by atoms with Gasteiger partial charge in [0, 0.05) is 6.61 Å². The highest BCUT2D eigenvalue weighted by Crippen LogP contribution is 2.28. The predicted molar refractivity (Wildman–Crippen MR) is 95.0 cm³/mol. The summed E-state index contributed by atoms with van der Waals surface area (Å²) in [5, 5.41) is 12.6. The van der Waals surface area contributed by atoms with E-state index in [0.717, 1.165) is 0 Å². The number of rotatable bonds is 8. The molecule has 0 bridgehead atoms. The minimum absolute atomic E-state index is 0.214. The zero-order chi connectivity index (χ0) is 18.3. The van der Waals surface area contributed by atoms with E-state index >= 15 is 0 Å². The molecule has 25 heavy (non-hydrogen) atoms. The number of ether oxygens (including phenoxy) is 1. The van der Waals surface area contributed by atoms with Crippen molar-refractivity contribution < 1.29 is 19.4 Å². The molecular weight excluding hydrogens is 318 g/mol. The van der Waals surface area contributed by atoms with Crippen molar-refractivity contribution in [3.63, 3.8) is 0 Å². The number of nitrogens with one attached hydrogen (secondary N) is 1. The first-order chi connectivity index (χ1) is 12.0. The largest absolute Gasteiger partial charge is 0.479 e. The molecule has 0 spiro atoms. The summed E-state index contributed by atoms with van der Waals surface area (Å²) in [5.41, 5.74) is -0.283. The van der Waals surface area contributed by atoms with Crippen LogP contribution >= 0.6 is 0 Å². The average Bonchev–Trinajstić information content (AvgIpc) is 2.65. The molecule has 5 heteroatoms. The van der Waals surface area contributed by atoms with E-state index in [0.29, 0.717) is 17.7 Å². The maximum Gasteiger partial charge on any atom is 0.334 e. The number of hydrogen-bond acceptors (Lipinski definition) is 3. The number of carboxylic acid groups (broad SMARTS) is 1. The van der Waals surface area contributed by atoms with Gasteiger partial charge in [-0.15, -0.1) is 0 Å². The highest BCUT2D eigenvalue weighted by molar-refractivity contribution is 5.90. The monoisotopic (exact) mass is 341 g/mol. The molecule has 132 valence electrons. The first-order valence-corrected chi connectivity index (χ1v) is 8.32. The molecule has 0 saturated heterocycles. The van der Waals surface area contributed by atoms with Gasteiger partial charge in [0.05, 0.1) is 0 Å². The van der Waals surface area contributed by atoms with Crippen LogP contribution in [-0.4, -0.2) is 23.6 Å². The van der Waals surface area contributed by atoms with Crippen molar-refractivity contribution in [2.75, 3.05) is 6.61 Å². The predicted octanol–water partition coefficient (Wildman–Crippen LogP) is 3.27. The maximum absolute atomic E-state index is 12.9. The highest BCUT2D eigenvalue weighted by atomic mass is 16.5. The second-order valence-electron chi connectivity index (χ2n) is 5.67. The fourth-order valence-corrected chi connectivity index (χ4v) is 2.81. The number of carbonyl (C=O) groups is 2. The first-order valence-electron chi connectivity index (χ1n) is 8.32. The van der Waals surface area contributed by atoms with Crippen LogP contribution in [0.5, 0.6) is 0 Å². The van der Waals surface area contributed by atoms with Crippen molar-refractivity contribution >= 4 is 11.9 Å². The summed E-state index contributed by atoms with van der Waals surface area (Å²) in [6, 6.07) is 17.8. The number of carboxylic acids is 1. The second-order valence-corrected chi connectivity index (χ2v) is 5.67. The molecule has 1 amide bonds. The van der Waals surface area contributed by atoms with E-state index in [-0.39, 0.29) is 6.42 Å². The number of aliphatic carboxylic acids is 1. The molecule has 2 aromatic carbocycles. The molecule has 2 N–H and O–H groups in total. The number of benzene rings is 2.